The second kappa shape index (κ2) is 7.11. The number of benzene rings is 1. The highest BCUT2D eigenvalue weighted by atomic mass is 16.6. The molecule has 5 heteroatoms. The number of likely N-dealkylation sites (N-methyl/N-ethyl adjacent to an activating group) is 1. The Kier molecular flexibility index (Phi) is 4.95. The summed E-state index contributed by atoms with van der Waals surface area (Å²) in [6.45, 7) is 7.06. The highest BCUT2D eigenvalue weighted by Crippen LogP contribution is 2.18. The summed E-state index contributed by atoms with van der Waals surface area (Å²) in [5.41, 5.74) is 2.59. The maximum absolute atomic E-state index is 12.2. The van der Waals surface area contributed by atoms with Crippen LogP contribution in [-0.4, -0.2) is 73.7 Å². The first kappa shape index (κ1) is 15.3. The third kappa shape index (κ3) is 3.78. The van der Waals surface area contributed by atoms with Crippen LogP contribution < -0.4 is 0 Å². The van der Waals surface area contributed by atoms with Crippen LogP contribution in [-0.2, 0) is 17.7 Å². The molecule has 120 valence electrons. The zero-order valence-corrected chi connectivity index (χ0v) is 13.3. The number of ether oxygens (including phenoxy) is 1. The molecular weight excluding hydrogens is 278 g/mol. The standard InChI is InChI=1S/C17H25N3O2/c1-18-8-10-19(11-9-18)12-13-22-17(21)20-7-6-15-4-2-3-5-16(15)14-20/h2-5H,6-14H2,1H3. The topological polar surface area (TPSA) is 36.0 Å². The number of carbonyl (C=O) groups excluding carboxylic acids is 1. The van der Waals surface area contributed by atoms with Crippen LogP contribution in [0.25, 0.3) is 0 Å². The quantitative estimate of drug-likeness (QED) is 0.846. The van der Waals surface area contributed by atoms with Gasteiger partial charge in [-0.1, -0.05) is 24.3 Å². The van der Waals surface area contributed by atoms with Crippen molar-refractivity contribution in [1.82, 2.24) is 14.7 Å². The number of nitrogens with zero attached hydrogens (tertiary/aromatic N) is 3. The van der Waals surface area contributed by atoms with E-state index in [0.29, 0.717) is 13.2 Å². The first-order valence-corrected chi connectivity index (χ1v) is 8.12. The minimum Gasteiger partial charge on any atom is -0.448 e. The van der Waals surface area contributed by atoms with Crippen molar-refractivity contribution in [3.05, 3.63) is 35.4 Å². The summed E-state index contributed by atoms with van der Waals surface area (Å²) in [7, 11) is 2.14. The highest BCUT2D eigenvalue weighted by molar-refractivity contribution is 5.68. The second-order valence-electron chi connectivity index (χ2n) is 6.20. The molecule has 3 rings (SSSR count). The Morgan fingerprint density at radius 3 is 2.59 bits per heavy atom. The lowest BCUT2D eigenvalue weighted by molar-refractivity contribution is 0.0762. The molecule has 0 atom stereocenters. The highest BCUT2D eigenvalue weighted by Gasteiger charge is 2.21. The zero-order valence-electron chi connectivity index (χ0n) is 13.3. The molecule has 1 amide bonds. The van der Waals surface area contributed by atoms with E-state index in [1.54, 1.807) is 0 Å². The normalized spacial score (nSPS) is 19.8. The number of hydrogen-bond acceptors (Lipinski definition) is 4. The van der Waals surface area contributed by atoms with Crippen LogP contribution in [0.15, 0.2) is 24.3 Å². The Morgan fingerprint density at radius 2 is 1.82 bits per heavy atom. The van der Waals surface area contributed by atoms with Crippen LogP contribution >= 0.6 is 0 Å². The molecule has 1 fully saturated rings. The van der Waals surface area contributed by atoms with Crippen molar-refractivity contribution in [2.24, 2.45) is 0 Å². The average Bonchev–Trinajstić information content (AvgIpc) is 2.56. The Morgan fingerprint density at radius 1 is 1.09 bits per heavy atom. The summed E-state index contributed by atoms with van der Waals surface area (Å²) < 4.78 is 5.46. The van der Waals surface area contributed by atoms with E-state index >= 15 is 0 Å². The van der Waals surface area contributed by atoms with Crippen LogP contribution in [0.3, 0.4) is 0 Å². The summed E-state index contributed by atoms with van der Waals surface area (Å²) in [6.07, 6.45) is 0.743. The van der Waals surface area contributed by atoms with Crippen LogP contribution in [0, 0.1) is 0 Å². The van der Waals surface area contributed by atoms with E-state index in [1.807, 2.05) is 11.0 Å². The second-order valence-corrected chi connectivity index (χ2v) is 6.20. The zero-order chi connectivity index (χ0) is 15.4. The minimum atomic E-state index is -0.177. The van der Waals surface area contributed by atoms with Gasteiger partial charge >= 0.3 is 6.09 Å². The first-order valence-electron chi connectivity index (χ1n) is 8.12. The lowest BCUT2D eigenvalue weighted by Crippen LogP contribution is -2.46. The number of fused-ring (bicyclic) bond motifs is 1. The Hall–Kier alpha value is -1.59. The maximum Gasteiger partial charge on any atom is 0.410 e. The lowest BCUT2D eigenvalue weighted by Gasteiger charge is -2.32. The predicted molar refractivity (Wildman–Crippen MR) is 85.8 cm³/mol. The van der Waals surface area contributed by atoms with Gasteiger partial charge in [-0.3, -0.25) is 4.90 Å². The van der Waals surface area contributed by atoms with Gasteiger partial charge in [0.05, 0.1) is 0 Å². The third-order valence-corrected chi connectivity index (χ3v) is 4.62. The number of carbonyl (C=O) groups is 1. The number of amides is 1. The number of rotatable bonds is 3. The number of hydrogen-bond donors (Lipinski definition) is 0. The minimum absolute atomic E-state index is 0.177. The molecule has 0 N–H and O–H groups in total. The van der Waals surface area contributed by atoms with Crippen LogP contribution in [0.4, 0.5) is 4.79 Å². The van der Waals surface area contributed by atoms with Gasteiger partial charge in [0.2, 0.25) is 0 Å². The average molecular weight is 303 g/mol. The Bertz CT molecular complexity index is 512. The van der Waals surface area contributed by atoms with Crippen molar-refractivity contribution < 1.29 is 9.53 Å². The first-order chi connectivity index (χ1) is 10.7. The smallest absolute Gasteiger partial charge is 0.410 e. The van der Waals surface area contributed by atoms with Gasteiger partial charge in [-0.05, 0) is 24.6 Å². The lowest BCUT2D eigenvalue weighted by atomic mass is 10.0. The van der Waals surface area contributed by atoms with Crippen LogP contribution in [0.5, 0.6) is 0 Å². The van der Waals surface area contributed by atoms with E-state index in [-0.39, 0.29) is 6.09 Å². The number of piperazine rings is 1. The molecule has 1 saturated heterocycles. The molecule has 2 aliphatic rings. The molecule has 0 spiro atoms. The fourth-order valence-corrected chi connectivity index (χ4v) is 3.08. The van der Waals surface area contributed by atoms with Gasteiger partial charge in [0.15, 0.2) is 0 Å². The van der Waals surface area contributed by atoms with Gasteiger partial charge in [0.25, 0.3) is 0 Å². The molecule has 0 aliphatic carbocycles. The molecule has 2 aliphatic heterocycles. The van der Waals surface area contributed by atoms with Crippen LogP contribution in [0.1, 0.15) is 11.1 Å². The van der Waals surface area contributed by atoms with Gasteiger partial charge < -0.3 is 14.5 Å². The van der Waals surface area contributed by atoms with E-state index in [1.165, 1.54) is 11.1 Å². The fraction of sp³-hybridized carbons (Fsp3) is 0.588. The van der Waals surface area contributed by atoms with Gasteiger partial charge in [-0.15, -0.1) is 0 Å². The van der Waals surface area contributed by atoms with E-state index < -0.39 is 0 Å². The molecule has 2 heterocycles. The van der Waals surface area contributed by atoms with E-state index in [9.17, 15) is 4.79 Å². The van der Waals surface area contributed by atoms with E-state index in [4.69, 9.17) is 4.74 Å². The van der Waals surface area contributed by atoms with Crippen molar-refractivity contribution in [1.29, 1.82) is 0 Å². The molecule has 5 nitrogen and oxygen atoms in total. The van der Waals surface area contributed by atoms with Gasteiger partial charge in [-0.2, -0.15) is 0 Å². The summed E-state index contributed by atoms with van der Waals surface area (Å²) >= 11 is 0. The Balaban J connectivity index is 1.41. The predicted octanol–water partition coefficient (Wildman–Crippen LogP) is 1.43. The van der Waals surface area contributed by atoms with Gasteiger partial charge in [0.1, 0.15) is 6.61 Å². The largest absolute Gasteiger partial charge is 0.448 e. The molecule has 0 unspecified atom stereocenters. The summed E-state index contributed by atoms with van der Waals surface area (Å²) in [5.74, 6) is 0. The molecule has 0 saturated carbocycles. The van der Waals surface area contributed by atoms with Crippen molar-refractivity contribution in [2.45, 2.75) is 13.0 Å². The van der Waals surface area contributed by atoms with Crippen molar-refractivity contribution in [3.63, 3.8) is 0 Å². The molecule has 0 aromatic heterocycles. The van der Waals surface area contributed by atoms with E-state index in [2.05, 4.69) is 35.0 Å². The van der Waals surface area contributed by atoms with Crippen molar-refractivity contribution >= 4 is 6.09 Å². The molecular formula is C17H25N3O2. The molecule has 1 aromatic carbocycles. The molecule has 1 aromatic rings. The van der Waals surface area contributed by atoms with Crippen molar-refractivity contribution in [2.75, 3.05) is 52.9 Å². The monoisotopic (exact) mass is 303 g/mol. The van der Waals surface area contributed by atoms with Crippen LogP contribution in [0.2, 0.25) is 0 Å². The molecule has 0 radical (unpaired) electrons. The van der Waals surface area contributed by atoms with Crippen molar-refractivity contribution in [3.8, 4) is 0 Å². The molecule has 0 bridgehead atoms. The summed E-state index contributed by atoms with van der Waals surface area (Å²) in [4.78, 5) is 18.7. The SMILES string of the molecule is CN1CCN(CCOC(=O)N2CCc3ccccc3C2)CC1. The van der Waals surface area contributed by atoms with Gasteiger partial charge in [-0.25, -0.2) is 4.79 Å². The Labute approximate surface area is 132 Å². The summed E-state index contributed by atoms with van der Waals surface area (Å²) in [6, 6.07) is 8.33. The fourth-order valence-electron chi connectivity index (χ4n) is 3.08. The van der Waals surface area contributed by atoms with Gasteiger partial charge in [0, 0.05) is 45.8 Å². The third-order valence-electron chi connectivity index (χ3n) is 4.62. The maximum atomic E-state index is 12.2. The van der Waals surface area contributed by atoms with E-state index in [0.717, 1.165) is 45.7 Å². The molecule has 22 heavy (non-hydrogen) atoms. The summed E-state index contributed by atoms with van der Waals surface area (Å²) in [5, 5.41) is 0.